The fraction of sp³-hybridized carbons (Fsp3) is 0.0625. The lowest BCUT2D eigenvalue weighted by atomic mass is 10.2. The molecule has 98 valence electrons. The Kier molecular flexibility index (Phi) is 3.64. The molecule has 0 fully saturated rings. The van der Waals surface area contributed by atoms with Crippen LogP contribution >= 0.6 is 0 Å². The van der Waals surface area contributed by atoms with E-state index in [9.17, 15) is 0 Å². The van der Waals surface area contributed by atoms with E-state index in [1.807, 2.05) is 60.7 Å². The Balaban J connectivity index is 1.75. The number of nitrogens with zero attached hydrogens (tertiary/aromatic N) is 3. The molecule has 0 saturated heterocycles. The second kappa shape index (κ2) is 5.93. The highest BCUT2D eigenvalue weighted by Crippen LogP contribution is 2.16. The smallest absolute Gasteiger partial charge is 0.336 e. The summed E-state index contributed by atoms with van der Waals surface area (Å²) in [6, 6.07) is 20.0. The molecule has 4 nitrogen and oxygen atoms in total. The second-order valence-electron chi connectivity index (χ2n) is 4.26. The first kappa shape index (κ1) is 12.3. The fourth-order valence-corrected chi connectivity index (χ4v) is 1.82. The molecule has 3 aromatic rings. The van der Waals surface area contributed by atoms with Gasteiger partial charge in [-0.25, -0.2) is 0 Å². The van der Waals surface area contributed by atoms with Gasteiger partial charge in [0.05, 0.1) is 11.9 Å². The van der Waals surface area contributed by atoms with Gasteiger partial charge in [-0.1, -0.05) is 65.8 Å². The van der Waals surface area contributed by atoms with E-state index in [2.05, 4.69) is 15.2 Å². The van der Waals surface area contributed by atoms with Crippen LogP contribution in [-0.2, 0) is 6.61 Å². The summed E-state index contributed by atoms with van der Waals surface area (Å²) in [4.78, 5) is 4.36. The van der Waals surface area contributed by atoms with Crippen LogP contribution in [0.2, 0.25) is 0 Å². The fourth-order valence-electron chi connectivity index (χ4n) is 1.82. The van der Waals surface area contributed by atoms with Gasteiger partial charge in [-0.3, -0.25) is 0 Å². The summed E-state index contributed by atoms with van der Waals surface area (Å²) in [5.41, 5.74) is 2.82. The highest BCUT2D eigenvalue weighted by atomic mass is 16.5. The van der Waals surface area contributed by atoms with E-state index in [1.54, 1.807) is 6.20 Å². The first-order chi connectivity index (χ1) is 9.92. The van der Waals surface area contributed by atoms with Gasteiger partial charge in [0.1, 0.15) is 6.61 Å². The van der Waals surface area contributed by atoms with E-state index in [-0.39, 0.29) is 6.01 Å². The van der Waals surface area contributed by atoms with Crippen molar-refractivity contribution >= 4 is 0 Å². The molecule has 0 aliphatic carbocycles. The summed E-state index contributed by atoms with van der Waals surface area (Å²) in [7, 11) is 0. The van der Waals surface area contributed by atoms with Crippen LogP contribution in [0.3, 0.4) is 0 Å². The first-order valence-corrected chi connectivity index (χ1v) is 6.34. The molecule has 0 N–H and O–H groups in total. The van der Waals surface area contributed by atoms with E-state index >= 15 is 0 Å². The molecule has 0 saturated carbocycles. The van der Waals surface area contributed by atoms with Gasteiger partial charge in [0, 0.05) is 5.56 Å². The zero-order chi connectivity index (χ0) is 13.6. The Morgan fingerprint density at radius 2 is 1.55 bits per heavy atom. The number of aromatic nitrogens is 3. The zero-order valence-corrected chi connectivity index (χ0v) is 10.8. The highest BCUT2D eigenvalue weighted by molar-refractivity contribution is 5.57. The maximum Gasteiger partial charge on any atom is 0.336 e. The maximum absolute atomic E-state index is 5.57. The lowest BCUT2D eigenvalue weighted by molar-refractivity contribution is 0.277. The van der Waals surface area contributed by atoms with Crippen molar-refractivity contribution in [3.8, 4) is 17.3 Å². The minimum absolute atomic E-state index is 0.287. The molecule has 3 rings (SSSR count). The Hall–Kier alpha value is -2.75. The Bertz CT molecular complexity index is 672. The first-order valence-electron chi connectivity index (χ1n) is 6.34. The highest BCUT2D eigenvalue weighted by Gasteiger charge is 2.04. The van der Waals surface area contributed by atoms with Crippen molar-refractivity contribution in [1.29, 1.82) is 0 Å². The van der Waals surface area contributed by atoms with Gasteiger partial charge >= 0.3 is 6.01 Å². The van der Waals surface area contributed by atoms with Gasteiger partial charge in [-0.05, 0) is 5.56 Å². The number of hydrogen-bond donors (Lipinski definition) is 0. The third kappa shape index (κ3) is 2.98. The van der Waals surface area contributed by atoms with Crippen molar-refractivity contribution in [2.24, 2.45) is 0 Å². The molecule has 0 radical (unpaired) electrons. The number of rotatable bonds is 4. The van der Waals surface area contributed by atoms with Crippen LogP contribution in [0.5, 0.6) is 6.01 Å². The second-order valence-corrected chi connectivity index (χ2v) is 4.26. The van der Waals surface area contributed by atoms with E-state index in [1.165, 1.54) is 0 Å². The summed E-state index contributed by atoms with van der Waals surface area (Å²) in [6.45, 7) is 0.431. The normalized spacial score (nSPS) is 10.2. The Morgan fingerprint density at radius 3 is 2.30 bits per heavy atom. The van der Waals surface area contributed by atoms with E-state index in [0.717, 1.165) is 16.8 Å². The van der Waals surface area contributed by atoms with Crippen LogP contribution in [0.1, 0.15) is 5.56 Å². The van der Waals surface area contributed by atoms with Crippen molar-refractivity contribution < 1.29 is 4.74 Å². The van der Waals surface area contributed by atoms with Gasteiger partial charge in [0.15, 0.2) is 0 Å². The summed E-state index contributed by atoms with van der Waals surface area (Å²) >= 11 is 0. The van der Waals surface area contributed by atoms with Crippen molar-refractivity contribution in [3.63, 3.8) is 0 Å². The molecule has 0 spiro atoms. The standard InChI is InChI=1S/C16H13N3O/c1-3-7-13(8-4-1)12-20-16-18-15(11-17-19-16)14-9-5-2-6-10-14/h1-11H,12H2. The molecule has 1 heterocycles. The molecule has 1 aromatic heterocycles. The number of ether oxygens (including phenoxy) is 1. The van der Waals surface area contributed by atoms with Crippen LogP contribution in [0.4, 0.5) is 0 Å². The van der Waals surface area contributed by atoms with Gasteiger partial charge < -0.3 is 4.74 Å². The number of benzene rings is 2. The topological polar surface area (TPSA) is 47.9 Å². The third-order valence-electron chi connectivity index (χ3n) is 2.82. The van der Waals surface area contributed by atoms with Crippen LogP contribution in [-0.4, -0.2) is 15.2 Å². The summed E-state index contributed by atoms with van der Waals surface area (Å²) in [5, 5.41) is 7.83. The molecule has 0 atom stereocenters. The maximum atomic E-state index is 5.57. The Labute approximate surface area is 117 Å². The third-order valence-corrected chi connectivity index (χ3v) is 2.82. The van der Waals surface area contributed by atoms with Crippen molar-refractivity contribution in [2.45, 2.75) is 6.61 Å². The molecule has 2 aromatic carbocycles. The van der Waals surface area contributed by atoms with Crippen LogP contribution < -0.4 is 4.74 Å². The zero-order valence-electron chi connectivity index (χ0n) is 10.8. The van der Waals surface area contributed by atoms with Gasteiger partial charge in [-0.15, -0.1) is 0 Å². The molecule has 0 bridgehead atoms. The van der Waals surface area contributed by atoms with Crippen molar-refractivity contribution in [1.82, 2.24) is 15.2 Å². The summed E-state index contributed by atoms with van der Waals surface area (Å²) < 4.78 is 5.57. The lowest BCUT2D eigenvalue weighted by Crippen LogP contribution is -2.01. The predicted octanol–water partition coefficient (Wildman–Crippen LogP) is 3.12. The summed E-state index contributed by atoms with van der Waals surface area (Å²) in [6.07, 6.45) is 1.63. The molecule has 0 amide bonds. The molecule has 20 heavy (non-hydrogen) atoms. The van der Waals surface area contributed by atoms with E-state index in [4.69, 9.17) is 4.74 Å². The van der Waals surface area contributed by atoms with E-state index < -0.39 is 0 Å². The van der Waals surface area contributed by atoms with Gasteiger partial charge in [0.25, 0.3) is 0 Å². The predicted molar refractivity (Wildman–Crippen MR) is 76.0 cm³/mol. The quantitative estimate of drug-likeness (QED) is 0.725. The minimum Gasteiger partial charge on any atom is -0.458 e. The van der Waals surface area contributed by atoms with E-state index in [0.29, 0.717) is 6.61 Å². The lowest BCUT2D eigenvalue weighted by Gasteiger charge is -2.05. The average Bonchev–Trinajstić information content (AvgIpc) is 2.55. The van der Waals surface area contributed by atoms with Crippen LogP contribution in [0.25, 0.3) is 11.3 Å². The Morgan fingerprint density at radius 1 is 0.850 bits per heavy atom. The van der Waals surface area contributed by atoms with Gasteiger partial charge in [0.2, 0.25) is 0 Å². The molecule has 0 aliphatic heterocycles. The molecular weight excluding hydrogens is 250 g/mol. The number of hydrogen-bond acceptors (Lipinski definition) is 4. The summed E-state index contributed by atoms with van der Waals surface area (Å²) in [5.74, 6) is 0. The molecule has 0 unspecified atom stereocenters. The molecular formula is C16H13N3O. The molecule has 0 aliphatic rings. The monoisotopic (exact) mass is 263 g/mol. The minimum atomic E-state index is 0.287. The van der Waals surface area contributed by atoms with Crippen LogP contribution in [0, 0.1) is 0 Å². The van der Waals surface area contributed by atoms with Crippen molar-refractivity contribution in [2.75, 3.05) is 0 Å². The molecule has 4 heteroatoms. The van der Waals surface area contributed by atoms with Crippen molar-refractivity contribution in [3.05, 3.63) is 72.4 Å². The largest absolute Gasteiger partial charge is 0.458 e. The SMILES string of the molecule is c1ccc(COc2nncc(-c3ccccc3)n2)cc1. The van der Waals surface area contributed by atoms with Gasteiger partial charge in [-0.2, -0.15) is 10.1 Å². The average molecular weight is 263 g/mol. The van der Waals surface area contributed by atoms with Crippen LogP contribution in [0.15, 0.2) is 66.9 Å².